The van der Waals surface area contributed by atoms with Crippen molar-refractivity contribution in [2.45, 2.75) is 52.4 Å². The van der Waals surface area contributed by atoms with E-state index in [0.29, 0.717) is 5.92 Å². The molecule has 148 valence electrons. The van der Waals surface area contributed by atoms with Crippen molar-refractivity contribution in [3.05, 3.63) is 0 Å². The van der Waals surface area contributed by atoms with Crippen LogP contribution in [0.3, 0.4) is 0 Å². The standard InChI is InChI=1S/C19H39N5.HI/c1-3-20-19(21-10-15-23-11-6-4-7-12-23)22-16-18(2)17-24-13-8-5-9-14-24;/h18H,3-17H2,1-2H3,(H2,20,21,22);1H. The van der Waals surface area contributed by atoms with Gasteiger partial charge < -0.3 is 20.4 Å². The molecule has 0 spiro atoms. The molecule has 2 fully saturated rings. The third-order valence-electron chi connectivity index (χ3n) is 5.09. The highest BCUT2D eigenvalue weighted by Gasteiger charge is 2.13. The lowest BCUT2D eigenvalue weighted by Crippen LogP contribution is -2.43. The second kappa shape index (κ2) is 14.0. The zero-order valence-corrected chi connectivity index (χ0v) is 18.8. The fourth-order valence-corrected chi connectivity index (χ4v) is 3.74. The number of rotatable bonds is 8. The number of piperidine rings is 2. The fraction of sp³-hybridized carbons (Fsp3) is 0.947. The van der Waals surface area contributed by atoms with Crippen LogP contribution >= 0.6 is 24.0 Å². The van der Waals surface area contributed by atoms with Gasteiger partial charge in [-0.3, -0.25) is 4.99 Å². The lowest BCUT2D eigenvalue weighted by molar-refractivity contribution is 0.203. The van der Waals surface area contributed by atoms with Gasteiger partial charge in [-0.15, -0.1) is 24.0 Å². The van der Waals surface area contributed by atoms with E-state index in [9.17, 15) is 0 Å². The lowest BCUT2D eigenvalue weighted by atomic mass is 10.1. The van der Waals surface area contributed by atoms with Gasteiger partial charge in [-0.25, -0.2) is 0 Å². The van der Waals surface area contributed by atoms with E-state index in [1.807, 2.05) is 0 Å². The van der Waals surface area contributed by atoms with E-state index in [1.54, 1.807) is 0 Å². The molecule has 25 heavy (non-hydrogen) atoms. The Labute approximate surface area is 172 Å². The van der Waals surface area contributed by atoms with Gasteiger partial charge in [0.05, 0.1) is 0 Å². The number of hydrogen-bond donors (Lipinski definition) is 2. The molecule has 0 aromatic carbocycles. The molecule has 2 aliphatic heterocycles. The first-order valence-electron chi connectivity index (χ1n) is 10.2. The highest BCUT2D eigenvalue weighted by molar-refractivity contribution is 14.0. The van der Waals surface area contributed by atoms with Crippen molar-refractivity contribution in [2.24, 2.45) is 10.9 Å². The molecule has 0 aromatic rings. The molecule has 0 aromatic heterocycles. The zero-order chi connectivity index (χ0) is 17.0. The van der Waals surface area contributed by atoms with Crippen LogP contribution in [0.25, 0.3) is 0 Å². The second-order valence-electron chi connectivity index (χ2n) is 7.52. The highest BCUT2D eigenvalue weighted by Crippen LogP contribution is 2.11. The number of nitrogens with one attached hydrogen (secondary N) is 2. The largest absolute Gasteiger partial charge is 0.357 e. The van der Waals surface area contributed by atoms with Gasteiger partial charge in [0.25, 0.3) is 0 Å². The van der Waals surface area contributed by atoms with Crippen molar-refractivity contribution < 1.29 is 0 Å². The number of hydrogen-bond acceptors (Lipinski definition) is 3. The Morgan fingerprint density at radius 1 is 0.920 bits per heavy atom. The van der Waals surface area contributed by atoms with E-state index in [4.69, 9.17) is 4.99 Å². The summed E-state index contributed by atoms with van der Waals surface area (Å²) in [7, 11) is 0. The van der Waals surface area contributed by atoms with Crippen LogP contribution in [0.4, 0.5) is 0 Å². The molecule has 2 aliphatic rings. The van der Waals surface area contributed by atoms with Crippen molar-refractivity contribution in [1.29, 1.82) is 0 Å². The molecule has 2 rings (SSSR count). The summed E-state index contributed by atoms with van der Waals surface area (Å²) in [6.07, 6.45) is 8.29. The average molecular weight is 465 g/mol. The molecule has 2 saturated heterocycles. The highest BCUT2D eigenvalue weighted by atomic mass is 127. The van der Waals surface area contributed by atoms with Gasteiger partial charge in [0.1, 0.15) is 0 Å². The summed E-state index contributed by atoms with van der Waals surface area (Å²) in [6.45, 7) is 14.7. The average Bonchev–Trinajstić information content (AvgIpc) is 2.61. The van der Waals surface area contributed by atoms with E-state index in [2.05, 4.69) is 34.3 Å². The van der Waals surface area contributed by atoms with Crippen molar-refractivity contribution >= 4 is 29.9 Å². The maximum Gasteiger partial charge on any atom is 0.191 e. The molecule has 1 atom stereocenters. The van der Waals surface area contributed by atoms with E-state index in [1.165, 1.54) is 71.2 Å². The van der Waals surface area contributed by atoms with Crippen LogP contribution in [0, 0.1) is 5.92 Å². The molecule has 0 saturated carbocycles. The molecule has 2 heterocycles. The maximum atomic E-state index is 4.81. The minimum atomic E-state index is 0. The number of halogens is 1. The summed E-state index contributed by atoms with van der Waals surface area (Å²) in [5.41, 5.74) is 0. The van der Waals surface area contributed by atoms with E-state index in [0.717, 1.165) is 32.1 Å². The zero-order valence-electron chi connectivity index (χ0n) is 16.4. The Bertz CT molecular complexity index is 352. The second-order valence-corrected chi connectivity index (χ2v) is 7.52. The summed E-state index contributed by atoms with van der Waals surface area (Å²) >= 11 is 0. The molecular formula is C19H40IN5. The molecule has 5 nitrogen and oxygen atoms in total. The number of likely N-dealkylation sites (tertiary alicyclic amines) is 2. The Balaban J connectivity index is 0.00000312. The molecule has 0 aliphatic carbocycles. The minimum absolute atomic E-state index is 0. The Kier molecular flexibility index (Phi) is 12.9. The molecule has 0 bridgehead atoms. The number of nitrogens with zero attached hydrogens (tertiary/aromatic N) is 3. The van der Waals surface area contributed by atoms with Gasteiger partial charge >= 0.3 is 0 Å². The van der Waals surface area contributed by atoms with Gasteiger partial charge in [-0.2, -0.15) is 0 Å². The summed E-state index contributed by atoms with van der Waals surface area (Å²) in [6, 6.07) is 0. The lowest BCUT2D eigenvalue weighted by Gasteiger charge is -2.28. The molecule has 2 N–H and O–H groups in total. The molecular weight excluding hydrogens is 425 g/mol. The summed E-state index contributed by atoms with van der Waals surface area (Å²) in [5, 5.41) is 6.90. The van der Waals surface area contributed by atoms with E-state index in [-0.39, 0.29) is 24.0 Å². The predicted octanol–water partition coefficient (Wildman–Crippen LogP) is 2.77. The first kappa shape index (κ1) is 23.0. The van der Waals surface area contributed by atoms with Crippen LogP contribution < -0.4 is 10.6 Å². The maximum absolute atomic E-state index is 4.81. The van der Waals surface area contributed by atoms with Crippen molar-refractivity contribution in [3.63, 3.8) is 0 Å². The van der Waals surface area contributed by atoms with Crippen molar-refractivity contribution in [1.82, 2.24) is 20.4 Å². The Morgan fingerprint density at radius 2 is 1.52 bits per heavy atom. The summed E-state index contributed by atoms with van der Waals surface area (Å²) in [4.78, 5) is 9.99. The quantitative estimate of drug-likeness (QED) is 0.329. The molecule has 1 unspecified atom stereocenters. The fourth-order valence-electron chi connectivity index (χ4n) is 3.74. The van der Waals surface area contributed by atoms with Crippen molar-refractivity contribution in [2.75, 3.05) is 58.9 Å². The number of guanidine groups is 1. The van der Waals surface area contributed by atoms with Crippen LogP contribution in [-0.2, 0) is 0 Å². The first-order valence-corrected chi connectivity index (χ1v) is 10.2. The minimum Gasteiger partial charge on any atom is -0.357 e. The SMILES string of the molecule is CCNC(=NCC(C)CN1CCCCC1)NCCN1CCCCC1.I. The van der Waals surface area contributed by atoms with Gasteiger partial charge in [0.15, 0.2) is 5.96 Å². The Morgan fingerprint density at radius 3 is 2.12 bits per heavy atom. The van der Waals surface area contributed by atoms with E-state index >= 15 is 0 Å². The summed E-state index contributed by atoms with van der Waals surface area (Å²) in [5.74, 6) is 1.61. The summed E-state index contributed by atoms with van der Waals surface area (Å²) < 4.78 is 0. The van der Waals surface area contributed by atoms with E-state index < -0.39 is 0 Å². The van der Waals surface area contributed by atoms with Gasteiger partial charge in [0.2, 0.25) is 0 Å². The molecule has 0 radical (unpaired) electrons. The first-order chi connectivity index (χ1) is 11.8. The van der Waals surface area contributed by atoms with Crippen molar-refractivity contribution in [3.8, 4) is 0 Å². The van der Waals surface area contributed by atoms with Gasteiger partial charge in [-0.1, -0.05) is 19.8 Å². The normalized spacial score (nSPS) is 21.4. The smallest absolute Gasteiger partial charge is 0.191 e. The third-order valence-corrected chi connectivity index (χ3v) is 5.09. The van der Waals surface area contributed by atoms with Crippen LogP contribution in [0.15, 0.2) is 4.99 Å². The molecule has 0 amide bonds. The predicted molar refractivity (Wildman–Crippen MR) is 119 cm³/mol. The van der Waals surface area contributed by atoms with Crippen LogP contribution in [0.2, 0.25) is 0 Å². The topological polar surface area (TPSA) is 42.9 Å². The Hall–Kier alpha value is -0.0800. The van der Waals surface area contributed by atoms with Crippen LogP contribution in [0.1, 0.15) is 52.4 Å². The number of aliphatic imine (C=N–C) groups is 1. The van der Waals surface area contributed by atoms with Crippen LogP contribution in [-0.4, -0.2) is 74.7 Å². The molecule has 6 heteroatoms. The van der Waals surface area contributed by atoms with Gasteiger partial charge in [-0.05, 0) is 64.7 Å². The monoisotopic (exact) mass is 465 g/mol. The van der Waals surface area contributed by atoms with Crippen LogP contribution in [0.5, 0.6) is 0 Å². The third kappa shape index (κ3) is 9.99. The van der Waals surface area contributed by atoms with Gasteiger partial charge in [0, 0.05) is 32.7 Å².